The summed E-state index contributed by atoms with van der Waals surface area (Å²) in [6, 6.07) is 14.5. The number of hydrogen-bond acceptors (Lipinski definition) is 3. The summed E-state index contributed by atoms with van der Waals surface area (Å²) in [4.78, 5) is 24.0. The van der Waals surface area contributed by atoms with Crippen molar-refractivity contribution in [2.75, 3.05) is 5.01 Å². The summed E-state index contributed by atoms with van der Waals surface area (Å²) in [6.45, 7) is 0. The molecule has 0 fully saturated rings. The molecule has 1 aliphatic rings. The van der Waals surface area contributed by atoms with Crippen LogP contribution in [0.4, 0.5) is 10.1 Å². The maximum Gasteiger partial charge on any atom is 0.259 e. The third-order valence-corrected chi connectivity index (χ3v) is 3.15. The van der Waals surface area contributed by atoms with Gasteiger partial charge in [-0.1, -0.05) is 30.3 Å². The molecule has 1 heterocycles. The van der Waals surface area contributed by atoms with Gasteiger partial charge >= 0.3 is 0 Å². The van der Waals surface area contributed by atoms with Crippen molar-refractivity contribution >= 4 is 23.3 Å². The van der Waals surface area contributed by atoms with Crippen LogP contribution in [0.3, 0.4) is 0 Å². The van der Waals surface area contributed by atoms with Gasteiger partial charge in [-0.3, -0.25) is 9.59 Å². The zero-order valence-corrected chi connectivity index (χ0v) is 11.5. The fraction of sp³-hybridized carbons (Fsp3) is 0.0625. The summed E-state index contributed by atoms with van der Waals surface area (Å²) in [6.07, 6.45) is -0.0327. The van der Waals surface area contributed by atoms with E-state index in [9.17, 15) is 14.0 Å². The number of nitrogens with zero attached hydrogens (tertiary/aromatic N) is 2. The first-order valence-corrected chi connectivity index (χ1v) is 6.66. The summed E-state index contributed by atoms with van der Waals surface area (Å²) in [5.74, 6) is -1.30. The normalized spacial score (nSPS) is 14.0. The molecule has 5 nitrogen and oxygen atoms in total. The lowest BCUT2D eigenvalue weighted by Gasteiger charge is -2.10. The molecule has 22 heavy (non-hydrogen) atoms. The number of benzene rings is 2. The molecule has 3 rings (SSSR count). The third kappa shape index (κ3) is 2.71. The first-order valence-electron chi connectivity index (χ1n) is 6.66. The van der Waals surface area contributed by atoms with Gasteiger partial charge in [-0.2, -0.15) is 10.1 Å². The molecule has 0 aliphatic carbocycles. The fourth-order valence-electron chi connectivity index (χ4n) is 2.11. The topological polar surface area (TPSA) is 61.8 Å². The number of anilines is 1. The molecule has 110 valence electrons. The molecular weight excluding hydrogens is 285 g/mol. The van der Waals surface area contributed by atoms with Crippen LogP contribution in [0.5, 0.6) is 0 Å². The van der Waals surface area contributed by atoms with E-state index in [4.69, 9.17) is 0 Å². The predicted molar refractivity (Wildman–Crippen MR) is 79.8 cm³/mol. The maximum absolute atomic E-state index is 13.6. The van der Waals surface area contributed by atoms with Gasteiger partial charge < -0.3 is 5.32 Å². The number of amidine groups is 1. The molecule has 0 atom stereocenters. The first-order chi connectivity index (χ1) is 10.6. The van der Waals surface area contributed by atoms with Gasteiger partial charge in [-0.05, 0) is 24.3 Å². The predicted octanol–water partition coefficient (Wildman–Crippen LogP) is 2.31. The standard InChI is InChI=1S/C16H12FN3O2/c17-13-9-5-4-8-12(13)16(22)18-14-10-15(21)20(19-14)11-6-2-1-3-7-11/h1-9H,10H2,(H,18,19,22). The van der Waals surface area contributed by atoms with Gasteiger partial charge in [0.15, 0.2) is 0 Å². The summed E-state index contributed by atoms with van der Waals surface area (Å²) in [5.41, 5.74) is 0.526. The molecule has 0 saturated carbocycles. The first kappa shape index (κ1) is 13.9. The average molecular weight is 297 g/mol. The zero-order chi connectivity index (χ0) is 15.5. The van der Waals surface area contributed by atoms with E-state index in [0.717, 1.165) is 0 Å². The molecule has 1 N–H and O–H groups in total. The molecule has 0 aromatic heterocycles. The van der Waals surface area contributed by atoms with Crippen LogP contribution in [0.2, 0.25) is 0 Å². The van der Waals surface area contributed by atoms with Crippen molar-refractivity contribution in [2.45, 2.75) is 6.42 Å². The number of hydrazone groups is 1. The Balaban J connectivity index is 1.78. The molecule has 0 radical (unpaired) electrons. The molecule has 2 aromatic carbocycles. The van der Waals surface area contributed by atoms with E-state index in [1.807, 2.05) is 6.07 Å². The Morgan fingerprint density at radius 3 is 2.50 bits per heavy atom. The van der Waals surface area contributed by atoms with Crippen molar-refractivity contribution in [3.8, 4) is 0 Å². The number of hydrogen-bond donors (Lipinski definition) is 1. The summed E-state index contributed by atoms with van der Waals surface area (Å²) in [7, 11) is 0. The Labute approximate surface area is 126 Å². The zero-order valence-electron chi connectivity index (χ0n) is 11.5. The Bertz CT molecular complexity index is 759. The van der Waals surface area contributed by atoms with Gasteiger partial charge in [0.1, 0.15) is 11.7 Å². The molecule has 1 aliphatic heterocycles. The number of halogens is 1. The van der Waals surface area contributed by atoms with E-state index in [-0.39, 0.29) is 23.7 Å². The molecule has 6 heteroatoms. The van der Waals surface area contributed by atoms with Crippen molar-refractivity contribution in [3.05, 3.63) is 66.0 Å². The van der Waals surface area contributed by atoms with E-state index in [2.05, 4.69) is 10.4 Å². The van der Waals surface area contributed by atoms with Gasteiger partial charge in [-0.25, -0.2) is 4.39 Å². The van der Waals surface area contributed by atoms with Crippen molar-refractivity contribution in [1.82, 2.24) is 5.32 Å². The van der Waals surface area contributed by atoms with Gasteiger partial charge in [0, 0.05) is 0 Å². The maximum atomic E-state index is 13.6. The average Bonchev–Trinajstić information content (AvgIpc) is 2.89. The van der Waals surface area contributed by atoms with Crippen LogP contribution in [0.25, 0.3) is 0 Å². The second-order valence-corrected chi connectivity index (χ2v) is 4.70. The lowest BCUT2D eigenvalue weighted by Crippen LogP contribution is -2.30. The van der Waals surface area contributed by atoms with Crippen molar-refractivity contribution in [3.63, 3.8) is 0 Å². The van der Waals surface area contributed by atoms with Crippen molar-refractivity contribution < 1.29 is 14.0 Å². The second kappa shape index (κ2) is 5.77. The van der Waals surface area contributed by atoms with E-state index in [0.29, 0.717) is 5.69 Å². The minimum absolute atomic E-state index is 0.0327. The number of rotatable bonds is 2. The molecule has 2 amide bonds. The van der Waals surface area contributed by atoms with E-state index in [1.54, 1.807) is 30.3 Å². The lowest BCUT2D eigenvalue weighted by atomic mass is 10.2. The second-order valence-electron chi connectivity index (χ2n) is 4.70. The Hall–Kier alpha value is -3.02. The smallest absolute Gasteiger partial charge is 0.259 e. The molecule has 0 saturated heterocycles. The molecule has 2 aromatic rings. The Morgan fingerprint density at radius 2 is 1.77 bits per heavy atom. The number of para-hydroxylation sites is 1. The minimum Gasteiger partial charge on any atom is -0.308 e. The van der Waals surface area contributed by atoms with Crippen LogP contribution in [0.1, 0.15) is 16.8 Å². The van der Waals surface area contributed by atoms with Gasteiger partial charge in [0.25, 0.3) is 11.8 Å². The Kier molecular flexibility index (Phi) is 3.65. The summed E-state index contributed by atoms with van der Waals surface area (Å²) in [5, 5.41) is 7.77. The van der Waals surface area contributed by atoms with Crippen LogP contribution in [-0.4, -0.2) is 17.6 Å². The quantitative estimate of drug-likeness (QED) is 0.924. The van der Waals surface area contributed by atoms with E-state index < -0.39 is 11.7 Å². The highest BCUT2D eigenvalue weighted by atomic mass is 19.1. The fourth-order valence-corrected chi connectivity index (χ4v) is 2.11. The number of carbonyl (C=O) groups is 2. The van der Waals surface area contributed by atoms with Crippen LogP contribution in [0.15, 0.2) is 59.7 Å². The van der Waals surface area contributed by atoms with Crippen LogP contribution in [-0.2, 0) is 4.79 Å². The van der Waals surface area contributed by atoms with Crippen LogP contribution >= 0.6 is 0 Å². The third-order valence-electron chi connectivity index (χ3n) is 3.15. The van der Waals surface area contributed by atoms with Crippen LogP contribution in [0, 0.1) is 5.82 Å². The van der Waals surface area contributed by atoms with Crippen molar-refractivity contribution in [2.24, 2.45) is 5.10 Å². The monoisotopic (exact) mass is 297 g/mol. The van der Waals surface area contributed by atoms with E-state index >= 15 is 0 Å². The highest BCUT2D eigenvalue weighted by molar-refractivity contribution is 6.17. The summed E-state index contributed by atoms with van der Waals surface area (Å²) >= 11 is 0. The van der Waals surface area contributed by atoms with Gasteiger partial charge in [0.2, 0.25) is 0 Å². The molecule has 0 bridgehead atoms. The lowest BCUT2D eigenvalue weighted by molar-refractivity contribution is -0.116. The number of amides is 2. The Morgan fingerprint density at radius 1 is 1.09 bits per heavy atom. The van der Waals surface area contributed by atoms with Gasteiger partial charge in [0.05, 0.1) is 17.7 Å². The van der Waals surface area contributed by atoms with Crippen molar-refractivity contribution in [1.29, 1.82) is 0 Å². The number of carbonyl (C=O) groups excluding carboxylic acids is 2. The number of nitrogens with one attached hydrogen (secondary N) is 1. The highest BCUT2D eigenvalue weighted by Crippen LogP contribution is 2.19. The molecular formula is C16H12FN3O2. The minimum atomic E-state index is -0.625. The SMILES string of the molecule is O=C(NC1=NN(c2ccccc2)C(=O)C1)c1ccccc1F. The van der Waals surface area contributed by atoms with E-state index in [1.165, 1.54) is 23.2 Å². The van der Waals surface area contributed by atoms with Crippen LogP contribution < -0.4 is 10.3 Å². The highest BCUT2D eigenvalue weighted by Gasteiger charge is 2.26. The largest absolute Gasteiger partial charge is 0.308 e. The molecule has 0 unspecified atom stereocenters. The van der Waals surface area contributed by atoms with Gasteiger partial charge in [-0.15, -0.1) is 0 Å². The molecule has 0 spiro atoms. The summed E-state index contributed by atoms with van der Waals surface area (Å²) < 4.78 is 13.6.